The number of carbonyl (C=O) groups excluding carboxylic acids is 1. The van der Waals surface area contributed by atoms with Gasteiger partial charge < -0.3 is 14.6 Å². The molecule has 0 bridgehead atoms. The third-order valence-corrected chi connectivity index (χ3v) is 3.48. The van der Waals surface area contributed by atoms with Crippen molar-refractivity contribution in [3.63, 3.8) is 0 Å². The van der Waals surface area contributed by atoms with Crippen molar-refractivity contribution in [3.8, 4) is 5.75 Å². The Balaban J connectivity index is 2.14. The average Bonchev–Trinajstić information content (AvgIpc) is 2.48. The number of amides is 1. The van der Waals surface area contributed by atoms with Crippen molar-refractivity contribution in [3.05, 3.63) is 58.0 Å². The summed E-state index contributed by atoms with van der Waals surface area (Å²) in [6.07, 6.45) is 1.58. The second kappa shape index (κ2) is 6.93. The van der Waals surface area contributed by atoms with Gasteiger partial charge in [-0.25, -0.2) is 0 Å². The number of aromatic nitrogens is 1. The first-order valence-corrected chi connectivity index (χ1v) is 7.21. The van der Waals surface area contributed by atoms with Crippen LogP contribution in [-0.2, 0) is 11.3 Å². The van der Waals surface area contributed by atoms with Gasteiger partial charge in [-0.3, -0.25) is 9.59 Å². The lowest BCUT2D eigenvalue weighted by Crippen LogP contribution is -2.28. The first kappa shape index (κ1) is 15.8. The van der Waals surface area contributed by atoms with Crippen LogP contribution in [0.15, 0.2) is 41.3 Å². The van der Waals surface area contributed by atoms with Crippen molar-refractivity contribution in [1.82, 2.24) is 4.57 Å². The number of hydrogen-bond acceptors (Lipinski definition) is 3. The molecule has 1 heterocycles. The Labute approximate surface area is 129 Å². The molecule has 0 aliphatic carbocycles. The van der Waals surface area contributed by atoms with Gasteiger partial charge in [0, 0.05) is 11.9 Å². The third kappa shape index (κ3) is 3.55. The van der Waals surface area contributed by atoms with E-state index in [1.807, 2.05) is 39.0 Å². The van der Waals surface area contributed by atoms with Gasteiger partial charge >= 0.3 is 0 Å². The van der Waals surface area contributed by atoms with Crippen molar-refractivity contribution in [2.75, 3.05) is 11.9 Å². The summed E-state index contributed by atoms with van der Waals surface area (Å²) in [6.45, 7) is 6.11. The Kier molecular flexibility index (Phi) is 4.99. The molecule has 0 aliphatic rings. The van der Waals surface area contributed by atoms with Gasteiger partial charge in [0.1, 0.15) is 6.54 Å². The van der Waals surface area contributed by atoms with Crippen molar-refractivity contribution >= 4 is 11.6 Å². The summed E-state index contributed by atoms with van der Waals surface area (Å²) in [6, 6.07) is 9.02. The lowest BCUT2D eigenvalue weighted by Gasteiger charge is -2.12. The van der Waals surface area contributed by atoms with Gasteiger partial charge in [0.25, 0.3) is 5.56 Å². The summed E-state index contributed by atoms with van der Waals surface area (Å²) >= 11 is 0. The van der Waals surface area contributed by atoms with E-state index in [0.717, 1.165) is 16.8 Å². The number of aryl methyl sites for hydroxylation is 1. The molecule has 22 heavy (non-hydrogen) atoms. The Bertz CT molecular complexity index is 735. The van der Waals surface area contributed by atoms with Crippen LogP contribution in [0.25, 0.3) is 0 Å². The monoisotopic (exact) mass is 300 g/mol. The molecule has 0 fully saturated rings. The number of anilines is 1. The molecule has 1 aromatic carbocycles. The maximum Gasteiger partial charge on any atom is 0.293 e. The van der Waals surface area contributed by atoms with Gasteiger partial charge in [-0.15, -0.1) is 0 Å². The van der Waals surface area contributed by atoms with Crippen molar-refractivity contribution in [2.45, 2.75) is 27.3 Å². The van der Waals surface area contributed by atoms with Gasteiger partial charge in [0.2, 0.25) is 5.91 Å². The van der Waals surface area contributed by atoms with Gasteiger partial charge in [0.05, 0.1) is 6.61 Å². The minimum atomic E-state index is -0.305. The predicted molar refractivity (Wildman–Crippen MR) is 86.4 cm³/mol. The largest absolute Gasteiger partial charge is 0.488 e. The Hall–Kier alpha value is -2.56. The van der Waals surface area contributed by atoms with Crippen LogP contribution in [0.3, 0.4) is 0 Å². The van der Waals surface area contributed by atoms with Crippen molar-refractivity contribution in [2.24, 2.45) is 0 Å². The molecule has 0 aliphatic heterocycles. The topological polar surface area (TPSA) is 60.3 Å². The molecule has 1 aromatic heterocycles. The molecule has 1 amide bonds. The predicted octanol–water partition coefficient (Wildman–Crippen LogP) is 2.50. The number of ether oxygens (including phenoxy) is 1. The molecule has 0 saturated heterocycles. The fourth-order valence-electron chi connectivity index (χ4n) is 2.14. The highest BCUT2D eigenvalue weighted by Gasteiger charge is 2.09. The maximum absolute atomic E-state index is 12.2. The molecule has 0 atom stereocenters. The van der Waals surface area contributed by atoms with Crippen LogP contribution in [-0.4, -0.2) is 17.1 Å². The Morgan fingerprint density at radius 3 is 2.73 bits per heavy atom. The highest BCUT2D eigenvalue weighted by Crippen LogP contribution is 2.17. The van der Waals surface area contributed by atoms with E-state index in [4.69, 9.17) is 4.74 Å². The quantitative estimate of drug-likeness (QED) is 0.923. The SMILES string of the molecule is CCOc1cccn(CC(=O)Nc2cccc(C)c2C)c1=O. The lowest BCUT2D eigenvalue weighted by atomic mass is 10.1. The van der Waals surface area contributed by atoms with E-state index in [-0.39, 0.29) is 23.8 Å². The lowest BCUT2D eigenvalue weighted by molar-refractivity contribution is -0.116. The van der Waals surface area contributed by atoms with E-state index >= 15 is 0 Å². The number of pyridine rings is 1. The standard InChI is InChI=1S/C17H20N2O3/c1-4-22-15-9-6-10-19(17(15)21)11-16(20)18-14-8-5-7-12(2)13(14)3/h5-10H,4,11H2,1-3H3,(H,18,20). The van der Waals surface area contributed by atoms with Gasteiger partial charge in [-0.1, -0.05) is 12.1 Å². The molecule has 2 rings (SSSR count). The van der Waals surface area contributed by atoms with Crippen molar-refractivity contribution < 1.29 is 9.53 Å². The summed E-state index contributed by atoms with van der Waals surface area (Å²) in [7, 11) is 0. The first-order valence-electron chi connectivity index (χ1n) is 7.21. The van der Waals surface area contributed by atoms with Gasteiger partial charge in [-0.05, 0) is 50.1 Å². The van der Waals surface area contributed by atoms with Gasteiger partial charge in [0.15, 0.2) is 5.75 Å². The molecular weight excluding hydrogens is 280 g/mol. The second-order valence-electron chi connectivity index (χ2n) is 5.03. The number of rotatable bonds is 5. The molecule has 5 heteroatoms. The van der Waals surface area contributed by atoms with Crippen LogP contribution in [0, 0.1) is 13.8 Å². The molecular formula is C17H20N2O3. The summed E-state index contributed by atoms with van der Waals surface area (Å²) in [4.78, 5) is 24.3. The minimum absolute atomic E-state index is 0.0485. The third-order valence-electron chi connectivity index (χ3n) is 3.48. The summed E-state index contributed by atoms with van der Waals surface area (Å²) in [5.74, 6) is 0.00832. The second-order valence-corrected chi connectivity index (χ2v) is 5.03. The van der Waals surface area contributed by atoms with Crippen LogP contribution in [0.2, 0.25) is 0 Å². The van der Waals surface area contributed by atoms with E-state index in [9.17, 15) is 9.59 Å². The summed E-state index contributed by atoms with van der Waals surface area (Å²) in [5, 5.41) is 2.84. The van der Waals surface area contributed by atoms with E-state index in [0.29, 0.717) is 6.61 Å². The molecule has 5 nitrogen and oxygen atoms in total. The highest BCUT2D eigenvalue weighted by molar-refractivity contribution is 5.91. The van der Waals surface area contributed by atoms with E-state index in [1.54, 1.807) is 18.3 Å². The molecule has 0 spiro atoms. The number of nitrogens with one attached hydrogen (secondary N) is 1. The van der Waals surface area contributed by atoms with Gasteiger partial charge in [-0.2, -0.15) is 0 Å². The highest BCUT2D eigenvalue weighted by atomic mass is 16.5. The van der Waals surface area contributed by atoms with Crippen LogP contribution >= 0.6 is 0 Å². The fourth-order valence-corrected chi connectivity index (χ4v) is 2.14. The van der Waals surface area contributed by atoms with Crippen LogP contribution in [0.1, 0.15) is 18.1 Å². The smallest absolute Gasteiger partial charge is 0.293 e. The summed E-state index contributed by atoms with van der Waals surface area (Å²) in [5.41, 5.74) is 2.58. The van der Waals surface area contributed by atoms with E-state index < -0.39 is 0 Å². The summed E-state index contributed by atoms with van der Waals surface area (Å²) < 4.78 is 6.59. The number of nitrogens with zero attached hydrogens (tertiary/aromatic N) is 1. The molecule has 1 N–H and O–H groups in total. The molecule has 0 saturated carbocycles. The minimum Gasteiger partial charge on any atom is -0.488 e. The zero-order valence-corrected chi connectivity index (χ0v) is 13.1. The molecule has 0 unspecified atom stereocenters. The van der Waals surface area contributed by atoms with Crippen LogP contribution in [0.4, 0.5) is 5.69 Å². The maximum atomic E-state index is 12.2. The Morgan fingerprint density at radius 2 is 2.00 bits per heavy atom. The number of carbonyl (C=O) groups is 1. The average molecular weight is 300 g/mol. The fraction of sp³-hybridized carbons (Fsp3) is 0.294. The zero-order chi connectivity index (χ0) is 16.1. The Morgan fingerprint density at radius 1 is 1.23 bits per heavy atom. The van der Waals surface area contributed by atoms with Crippen LogP contribution < -0.4 is 15.6 Å². The van der Waals surface area contributed by atoms with E-state index in [1.165, 1.54) is 4.57 Å². The van der Waals surface area contributed by atoms with E-state index in [2.05, 4.69) is 5.32 Å². The number of hydrogen-bond donors (Lipinski definition) is 1. The molecule has 2 aromatic rings. The van der Waals surface area contributed by atoms with Crippen molar-refractivity contribution in [1.29, 1.82) is 0 Å². The number of benzene rings is 1. The zero-order valence-electron chi connectivity index (χ0n) is 13.1. The molecule has 116 valence electrons. The van der Waals surface area contributed by atoms with Crippen LogP contribution in [0.5, 0.6) is 5.75 Å². The molecule has 0 radical (unpaired) electrons. The normalized spacial score (nSPS) is 10.3. The first-order chi connectivity index (χ1) is 10.5.